The van der Waals surface area contributed by atoms with Gasteiger partial charge in [-0.05, 0) is 18.9 Å². The first-order valence-corrected chi connectivity index (χ1v) is 6.72. The molecule has 19 heavy (non-hydrogen) atoms. The predicted molar refractivity (Wildman–Crippen MR) is 78.6 cm³/mol. The highest BCUT2D eigenvalue weighted by atomic mass is 16.4. The molecule has 1 aromatic heterocycles. The third-order valence-corrected chi connectivity index (χ3v) is 3.52. The number of nitrogens with zero attached hydrogens (tertiary/aromatic N) is 1. The fourth-order valence-corrected chi connectivity index (χ4v) is 2.18. The molecule has 0 radical (unpaired) electrons. The Morgan fingerprint density at radius 2 is 2.16 bits per heavy atom. The largest absolute Gasteiger partial charge is 0.417 e. The molecule has 1 aromatic carbocycles. The molecule has 2 rings (SSSR count). The molecule has 5 nitrogen and oxygen atoms in total. The number of benzene rings is 1. The first-order valence-electron chi connectivity index (χ1n) is 6.72. The molecule has 0 fully saturated rings. The summed E-state index contributed by atoms with van der Waals surface area (Å²) in [6.07, 6.45) is 1.13. The summed E-state index contributed by atoms with van der Waals surface area (Å²) in [5.74, 6) is 0.148. The summed E-state index contributed by atoms with van der Waals surface area (Å²) in [4.78, 5) is 16.1. The quantitative estimate of drug-likeness (QED) is 0.813. The molecule has 5 heteroatoms. The highest BCUT2D eigenvalue weighted by Crippen LogP contribution is 2.28. The van der Waals surface area contributed by atoms with Crippen LogP contribution in [0.4, 0.5) is 11.4 Å². The molecule has 0 spiro atoms. The van der Waals surface area contributed by atoms with Gasteiger partial charge in [0.05, 0.1) is 16.9 Å². The van der Waals surface area contributed by atoms with Gasteiger partial charge in [0.2, 0.25) is 0 Å². The molecule has 0 bridgehead atoms. The van der Waals surface area contributed by atoms with E-state index in [0.717, 1.165) is 25.2 Å². The van der Waals surface area contributed by atoms with Crippen LogP contribution >= 0.6 is 0 Å². The fourth-order valence-electron chi connectivity index (χ4n) is 2.18. The lowest BCUT2D eigenvalue weighted by molar-refractivity contribution is 0.548. The molecule has 104 valence electrons. The molecule has 0 saturated heterocycles. The average Bonchev–Trinajstić information content (AvgIpc) is 2.74. The van der Waals surface area contributed by atoms with Crippen LogP contribution in [0.3, 0.4) is 0 Å². The number of nitrogens with one attached hydrogen (secondary N) is 1. The van der Waals surface area contributed by atoms with Gasteiger partial charge >= 0.3 is 5.76 Å². The Bertz CT molecular complexity index is 615. The number of fused-ring (bicyclic) bond motifs is 1. The first-order chi connectivity index (χ1) is 9.05. The number of rotatable bonds is 5. The minimum Gasteiger partial charge on any atom is -0.408 e. The zero-order chi connectivity index (χ0) is 14.0. The number of anilines is 2. The number of hydrogen-bond donors (Lipinski definition) is 2. The summed E-state index contributed by atoms with van der Waals surface area (Å²) in [7, 11) is 0. The van der Waals surface area contributed by atoms with Crippen molar-refractivity contribution in [1.29, 1.82) is 0 Å². The van der Waals surface area contributed by atoms with E-state index in [1.165, 1.54) is 0 Å². The third kappa shape index (κ3) is 2.75. The van der Waals surface area contributed by atoms with Crippen LogP contribution in [0.2, 0.25) is 0 Å². The number of aromatic nitrogens is 1. The van der Waals surface area contributed by atoms with Gasteiger partial charge in [0, 0.05) is 19.2 Å². The van der Waals surface area contributed by atoms with E-state index < -0.39 is 5.76 Å². The van der Waals surface area contributed by atoms with Crippen molar-refractivity contribution in [2.45, 2.75) is 27.2 Å². The Morgan fingerprint density at radius 1 is 1.42 bits per heavy atom. The van der Waals surface area contributed by atoms with E-state index in [0.29, 0.717) is 22.7 Å². The Kier molecular flexibility index (Phi) is 3.83. The van der Waals surface area contributed by atoms with E-state index in [9.17, 15) is 4.79 Å². The van der Waals surface area contributed by atoms with Gasteiger partial charge in [-0.2, -0.15) is 0 Å². The summed E-state index contributed by atoms with van der Waals surface area (Å²) in [6.45, 7) is 8.33. The highest BCUT2D eigenvalue weighted by Gasteiger charge is 2.14. The molecular weight excluding hydrogens is 242 g/mol. The molecule has 0 amide bonds. The van der Waals surface area contributed by atoms with Crippen LogP contribution in [0.5, 0.6) is 0 Å². The van der Waals surface area contributed by atoms with Gasteiger partial charge < -0.3 is 15.1 Å². The molecule has 2 aromatic rings. The van der Waals surface area contributed by atoms with Gasteiger partial charge in [0.15, 0.2) is 5.58 Å². The number of H-pyrrole nitrogens is 1. The lowest BCUT2D eigenvalue weighted by Crippen LogP contribution is -2.28. The molecular formula is C14H21N3O2. The zero-order valence-electron chi connectivity index (χ0n) is 11.7. The number of hydrogen-bond acceptors (Lipinski definition) is 4. The average molecular weight is 263 g/mol. The van der Waals surface area contributed by atoms with Gasteiger partial charge in [-0.25, -0.2) is 4.79 Å². The minimum atomic E-state index is -0.448. The maximum absolute atomic E-state index is 11.2. The first kappa shape index (κ1) is 13.5. The molecule has 0 aliphatic carbocycles. The second kappa shape index (κ2) is 5.38. The minimum absolute atomic E-state index is 0.448. The molecule has 0 aliphatic heterocycles. The molecule has 1 atom stereocenters. The Morgan fingerprint density at radius 3 is 2.79 bits per heavy atom. The van der Waals surface area contributed by atoms with Gasteiger partial charge in [-0.3, -0.25) is 4.98 Å². The van der Waals surface area contributed by atoms with Crippen LogP contribution in [0.25, 0.3) is 11.1 Å². The van der Waals surface area contributed by atoms with Crippen LogP contribution < -0.4 is 16.4 Å². The van der Waals surface area contributed by atoms with Crippen molar-refractivity contribution < 1.29 is 4.42 Å². The number of nitrogen functional groups attached to an aromatic ring is 1. The highest BCUT2D eigenvalue weighted by molar-refractivity contribution is 5.85. The van der Waals surface area contributed by atoms with Crippen molar-refractivity contribution in [2.24, 2.45) is 5.92 Å². The third-order valence-electron chi connectivity index (χ3n) is 3.52. The number of aromatic amines is 1. The SMILES string of the molecule is CCC(C)CN(CC)c1cc2[nH]c(=O)oc2cc1N. The van der Waals surface area contributed by atoms with Crippen molar-refractivity contribution in [3.05, 3.63) is 22.7 Å². The lowest BCUT2D eigenvalue weighted by Gasteiger charge is -2.27. The monoisotopic (exact) mass is 263 g/mol. The van der Waals surface area contributed by atoms with Crippen LogP contribution in [0, 0.1) is 5.92 Å². The van der Waals surface area contributed by atoms with Crippen molar-refractivity contribution in [1.82, 2.24) is 4.98 Å². The Labute approximate surface area is 112 Å². The van der Waals surface area contributed by atoms with Crippen LogP contribution in [-0.4, -0.2) is 18.1 Å². The standard InChI is InChI=1S/C14H21N3O2/c1-4-9(3)8-17(5-2)12-7-11-13(6-10(12)15)19-14(18)16-11/h6-7,9H,4-5,8,15H2,1-3H3,(H,16,18). The fraction of sp³-hybridized carbons (Fsp3) is 0.500. The number of oxazole rings is 1. The topological polar surface area (TPSA) is 75.3 Å². The second-order valence-corrected chi connectivity index (χ2v) is 4.97. The van der Waals surface area contributed by atoms with E-state index in [2.05, 4.69) is 30.7 Å². The maximum atomic E-state index is 11.2. The van der Waals surface area contributed by atoms with Crippen molar-refractivity contribution in [3.8, 4) is 0 Å². The normalized spacial score (nSPS) is 12.8. The van der Waals surface area contributed by atoms with Crippen LogP contribution in [0.1, 0.15) is 27.2 Å². The molecule has 3 N–H and O–H groups in total. The van der Waals surface area contributed by atoms with E-state index in [1.807, 2.05) is 6.07 Å². The summed E-state index contributed by atoms with van der Waals surface area (Å²) in [5.41, 5.74) is 8.86. The smallest absolute Gasteiger partial charge is 0.408 e. The second-order valence-electron chi connectivity index (χ2n) is 4.97. The summed E-state index contributed by atoms with van der Waals surface area (Å²) in [6, 6.07) is 3.60. The van der Waals surface area contributed by atoms with Gasteiger partial charge in [0.25, 0.3) is 0 Å². The van der Waals surface area contributed by atoms with Gasteiger partial charge in [-0.15, -0.1) is 0 Å². The number of nitrogens with two attached hydrogens (primary N) is 1. The van der Waals surface area contributed by atoms with Crippen LogP contribution in [0.15, 0.2) is 21.3 Å². The van der Waals surface area contributed by atoms with Crippen LogP contribution in [-0.2, 0) is 0 Å². The van der Waals surface area contributed by atoms with Gasteiger partial charge in [0.1, 0.15) is 0 Å². The molecule has 1 unspecified atom stereocenters. The maximum Gasteiger partial charge on any atom is 0.417 e. The van der Waals surface area contributed by atoms with Crippen molar-refractivity contribution in [2.75, 3.05) is 23.7 Å². The zero-order valence-corrected chi connectivity index (χ0v) is 11.7. The Hall–Kier alpha value is -1.91. The molecule has 1 heterocycles. The molecule has 0 saturated carbocycles. The summed E-state index contributed by atoms with van der Waals surface area (Å²) < 4.78 is 5.01. The van der Waals surface area contributed by atoms with Gasteiger partial charge in [-0.1, -0.05) is 20.3 Å². The van der Waals surface area contributed by atoms with E-state index >= 15 is 0 Å². The summed E-state index contributed by atoms with van der Waals surface area (Å²) in [5, 5.41) is 0. The van der Waals surface area contributed by atoms with E-state index in [-0.39, 0.29) is 0 Å². The van der Waals surface area contributed by atoms with E-state index in [4.69, 9.17) is 10.2 Å². The predicted octanol–water partition coefficient (Wildman–Crippen LogP) is 2.58. The van der Waals surface area contributed by atoms with E-state index in [1.54, 1.807) is 6.07 Å². The molecule has 0 aliphatic rings. The Balaban J connectivity index is 2.41. The van der Waals surface area contributed by atoms with Crippen molar-refractivity contribution >= 4 is 22.5 Å². The summed E-state index contributed by atoms with van der Waals surface area (Å²) >= 11 is 0. The lowest BCUT2D eigenvalue weighted by atomic mass is 10.1. The van der Waals surface area contributed by atoms with Crippen molar-refractivity contribution in [3.63, 3.8) is 0 Å².